The Balaban J connectivity index is 2.83. The van der Waals surface area contributed by atoms with Gasteiger partial charge in [0.05, 0.1) is 4.92 Å². The van der Waals surface area contributed by atoms with Gasteiger partial charge in [0.2, 0.25) is 5.91 Å². The summed E-state index contributed by atoms with van der Waals surface area (Å²) in [5.74, 6) is 0.0620. The second-order valence-electron chi connectivity index (χ2n) is 3.26. The standard InChI is InChI=1S/C10H10Cl2N2O3/c11-5-1-2-10(15)13-8-4-3-7(12)6-9(8)14(16)17/h3-4,6H,1-2,5H2,(H,13,15). The van der Waals surface area contributed by atoms with Gasteiger partial charge in [-0.15, -0.1) is 11.6 Å². The molecule has 17 heavy (non-hydrogen) atoms. The molecule has 0 fully saturated rings. The van der Waals surface area contributed by atoms with Gasteiger partial charge >= 0.3 is 0 Å². The predicted octanol–water partition coefficient (Wildman–Crippen LogP) is 3.21. The molecule has 1 rings (SSSR count). The van der Waals surface area contributed by atoms with Gasteiger partial charge in [0.1, 0.15) is 5.69 Å². The van der Waals surface area contributed by atoms with Crippen molar-refractivity contribution < 1.29 is 9.72 Å². The van der Waals surface area contributed by atoms with Crippen molar-refractivity contribution in [3.05, 3.63) is 33.3 Å². The van der Waals surface area contributed by atoms with Crippen LogP contribution in [-0.4, -0.2) is 16.7 Å². The SMILES string of the molecule is O=C(CCCCl)Nc1ccc(Cl)cc1[N+](=O)[O-]. The molecule has 0 aliphatic heterocycles. The van der Waals surface area contributed by atoms with E-state index in [0.29, 0.717) is 12.3 Å². The predicted molar refractivity (Wildman–Crippen MR) is 66.7 cm³/mol. The summed E-state index contributed by atoms with van der Waals surface area (Å²) < 4.78 is 0. The smallest absolute Gasteiger partial charge is 0.294 e. The van der Waals surface area contributed by atoms with Crippen LogP contribution in [0.25, 0.3) is 0 Å². The largest absolute Gasteiger partial charge is 0.320 e. The Morgan fingerprint density at radius 3 is 2.76 bits per heavy atom. The van der Waals surface area contributed by atoms with Gasteiger partial charge < -0.3 is 5.32 Å². The molecule has 5 nitrogen and oxygen atoms in total. The van der Waals surface area contributed by atoms with E-state index in [0.717, 1.165) is 0 Å². The van der Waals surface area contributed by atoms with E-state index in [1.165, 1.54) is 18.2 Å². The van der Waals surface area contributed by atoms with E-state index in [4.69, 9.17) is 23.2 Å². The molecule has 0 aliphatic carbocycles. The zero-order valence-corrected chi connectivity index (χ0v) is 10.3. The van der Waals surface area contributed by atoms with Crippen molar-refractivity contribution >= 4 is 40.5 Å². The molecule has 92 valence electrons. The number of nitro benzene ring substituents is 1. The zero-order valence-electron chi connectivity index (χ0n) is 8.78. The summed E-state index contributed by atoms with van der Waals surface area (Å²) in [6, 6.07) is 4.07. The van der Waals surface area contributed by atoms with Crippen molar-refractivity contribution in [2.24, 2.45) is 0 Å². The summed E-state index contributed by atoms with van der Waals surface area (Å²) in [7, 11) is 0. The first-order valence-electron chi connectivity index (χ1n) is 4.84. The number of rotatable bonds is 5. The van der Waals surface area contributed by atoms with Crippen LogP contribution in [0.5, 0.6) is 0 Å². The highest BCUT2D eigenvalue weighted by Gasteiger charge is 2.15. The lowest BCUT2D eigenvalue weighted by atomic mass is 10.2. The topological polar surface area (TPSA) is 72.2 Å². The third kappa shape index (κ3) is 4.20. The summed E-state index contributed by atoms with van der Waals surface area (Å²) in [6.45, 7) is 0. The summed E-state index contributed by atoms with van der Waals surface area (Å²) in [5, 5.41) is 13.4. The van der Waals surface area contributed by atoms with Crippen LogP contribution in [0.2, 0.25) is 5.02 Å². The number of alkyl halides is 1. The molecule has 0 saturated heterocycles. The van der Waals surface area contributed by atoms with Crippen molar-refractivity contribution in [1.82, 2.24) is 0 Å². The molecule has 0 radical (unpaired) electrons. The average molecular weight is 277 g/mol. The minimum atomic E-state index is -0.594. The Bertz CT molecular complexity index is 438. The van der Waals surface area contributed by atoms with Gasteiger partial charge in [-0.3, -0.25) is 14.9 Å². The lowest BCUT2D eigenvalue weighted by Crippen LogP contribution is -2.12. The van der Waals surface area contributed by atoms with Gasteiger partial charge in [0, 0.05) is 23.4 Å². The maximum Gasteiger partial charge on any atom is 0.294 e. The van der Waals surface area contributed by atoms with E-state index in [2.05, 4.69) is 5.32 Å². The fourth-order valence-corrected chi connectivity index (χ4v) is 1.50. The van der Waals surface area contributed by atoms with E-state index in [-0.39, 0.29) is 28.7 Å². The van der Waals surface area contributed by atoms with Crippen LogP contribution in [0.4, 0.5) is 11.4 Å². The molecule has 7 heteroatoms. The highest BCUT2D eigenvalue weighted by molar-refractivity contribution is 6.31. The molecule has 1 N–H and O–H groups in total. The van der Waals surface area contributed by atoms with Gasteiger partial charge in [0.25, 0.3) is 5.69 Å². The number of carbonyl (C=O) groups is 1. The van der Waals surface area contributed by atoms with Gasteiger partial charge in [-0.05, 0) is 18.6 Å². The van der Waals surface area contributed by atoms with Gasteiger partial charge in [-0.2, -0.15) is 0 Å². The molecule has 1 aromatic rings. The second kappa shape index (κ2) is 6.42. The zero-order chi connectivity index (χ0) is 12.8. The van der Waals surface area contributed by atoms with Crippen LogP contribution < -0.4 is 5.32 Å². The highest BCUT2D eigenvalue weighted by atomic mass is 35.5. The van der Waals surface area contributed by atoms with Crippen LogP contribution in [0.3, 0.4) is 0 Å². The second-order valence-corrected chi connectivity index (χ2v) is 4.07. The van der Waals surface area contributed by atoms with Gasteiger partial charge in [-0.1, -0.05) is 11.6 Å². The first kappa shape index (κ1) is 13.7. The van der Waals surface area contributed by atoms with E-state index in [1.54, 1.807) is 0 Å². The Morgan fingerprint density at radius 1 is 1.47 bits per heavy atom. The number of nitrogens with one attached hydrogen (secondary N) is 1. The number of hydrogen-bond donors (Lipinski definition) is 1. The fourth-order valence-electron chi connectivity index (χ4n) is 1.20. The monoisotopic (exact) mass is 276 g/mol. The van der Waals surface area contributed by atoms with Crippen molar-refractivity contribution in [3.8, 4) is 0 Å². The number of nitro groups is 1. The van der Waals surface area contributed by atoms with E-state index < -0.39 is 4.92 Å². The summed E-state index contributed by atoms with van der Waals surface area (Å²) >= 11 is 11.1. The molecule has 0 aliphatic rings. The highest BCUT2D eigenvalue weighted by Crippen LogP contribution is 2.27. The minimum Gasteiger partial charge on any atom is -0.320 e. The quantitative estimate of drug-likeness (QED) is 0.510. The average Bonchev–Trinajstić information content (AvgIpc) is 2.28. The number of nitrogens with zero attached hydrogens (tertiary/aromatic N) is 1. The van der Waals surface area contributed by atoms with Gasteiger partial charge in [-0.25, -0.2) is 0 Å². The van der Waals surface area contributed by atoms with Crippen LogP contribution in [0.15, 0.2) is 18.2 Å². The van der Waals surface area contributed by atoms with Crippen LogP contribution in [0.1, 0.15) is 12.8 Å². The van der Waals surface area contributed by atoms with Gasteiger partial charge in [0.15, 0.2) is 0 Å². The van der Waals surface area contributed by atoms with Crippen LogP contribution in [-0.2, 0) is 4.79 Å². The molecular weight excluding hydrogens is 267 g/mol. The number of anilines is 1. The minimum absolute atomic E-state index is 0.138. The van der Waals surface area contributed by atoms with Crippen molar-refractivity contribution in [3.63, 3.8) is 0 Å². The summed E-state index contributed by atoms with van der Waals surface area (Å²) in [5.41, 5.74) is -0.0873. The lowest BCUT2D eigenvalue weighted by Gasteiger charge is -2.05. The lowest BCUT2D eigenvalue weighted by molar-refractivity contribution is -0.383. The molecular formula is C10H10Cl2N2O3. The molecule has 0 atom stereocenters. The molecule has 0 spiro atoms. The van der Waals surface area contributed by atoms with Crippen molar-refractivity contribution in [2.75, 3.05) is 11.2 Å². The normalized spacial score (nSPS) is 10.0. The van der Waals surface area contributed by atoms with E-state index in [9.17, 15) is 14.9 Å². The molecule has 1 amide bonds. The van der Waals surface area contributed by atoms with E-state index >= 15 is 0 Å². The van der Waals surface area contributed by atoms with Crippen molar-refractivity contribution in [2.45, 2.75) is 12.8 Å². The fraction of sp³-hybridized carbons (Fsp3) is 0.300. The molecule has 1 aromatic carbocycles. The number of hydrogen-bond acceptors (Lipinski definition) is 3. The first-order chi connectivity index (χ1) is 8.04. The van der Waals surface area contributed by atoms with Crippen molar-refractivity contribution in [1.29, 1.82) is 0 Å². The molecule has 0 heterocycles. The Morgan fingerprint density at radius 2 is 2.18 bits per heavy atom. The summed E-state index contributed by atoms with van der Waals surface area (Å²) in [6.07, 6.45) is 0.748. The number of halogens is 2. The molecule has 0 unspecified atom stereocenters. The Hall–Kier alpha value is -1.33. The third-order valence-corrected chi connectivity index (χ3v) is 2.47. The Labute approximate surface area is 108 Å². The maximum atomic E-state index is 11.4. The number of benzene rings is 1. The first-order valence-corrected chi connectivity index (χ1v) is 5.75. The van der Waals surface area contributed by atoms with Crippen LogP contribution in [0, 0.1) is 10.1 Å². The maximum absolute atomic E-state index is 11.4. The summed E-state index contributed by atoms with van der Waals surface area (Å²) in [4.78, 5) is 21.6. The third-order valence-electron chi connectivity index (χ3n) is 1.97. The van der Waals surface area contributed by atoms with E-state index in [1.807, 2.05) is 0 Å². The number of carbonyl (C=O) groups excluding carboxylic acids is 1. The molecule has 0 aromatic heterocycles. The Kier molecular flexibility index (Phi) is 5.18. The number of amides is 1. The molecule has 0 saturated carbocycles. The van der Waals surface area contributed by atoms with Crippen LogP contribution >= 0.6 is 23.2 Å². The molecule has 0 bridgehead atoms.